The van der Waals surface area contributed by atoms with E-state index in [-0.39, 0.29) is 13.2 Å². The normalized spacial score (nSPS) is 17.2. The van der Waals surface area contributed by atoms with E-state index in [9.17, 15) is 9.18 Å². The standard InChI is InChI=1S/C14H17BrFNO3/c1-13(2,3)20-12(18)17-14(7-19-8-14)10-5-4-9(15)6-11(10)16/h4-6H,7-8H2,1-3H3,(H,17,18). The summed E-state index contributed by atoms with van der Waals surface area (Å²) in [6, 6.07) is 4.74. The van der Waals surface area contributed by atoms with Crippen LogP contribution in [0.1, 0.15) is 26.3 Å². The lowest BCUT2D eigenvalue weighted by Gasteiger charge is -2.42. The van der Waals surface area contributed by atoms with Crippen molar-refractivity contribution in [1.82, 2.24) is 5.32 Å². The minimum atomic E-state index is -0.854. The third kappa shape index (κ3) is 3.30. The summed E-state index contributed by atoms with van der Waals surface area (Å²) in [6.07, 6.45) is -0.580. The molecule has 6 heteroatoms. The minimum Gasteiger partial charge on any atom is -0.444 e. The Morgan fingerprint density at radius 3 is 2.55 bits per heavy atom. The predicted molar refractivity (Wildman–Crippen MR) is 76.0 cm³/mol. The second kappa shape index (κ2) is 5.33. The number of rotatable bonds is 2. The van der Waals surface area contributed by atoms with Crippen molar-refractivity contribution in [3.63, 3.8) is 0 Å². The Labute approximate surface area is 125 Å². The highest BCUT2D eigenvalue weighted by molar-refractivity contribution is 9.10. The van der Waals surface area contributed by atoms with Gasteiger partial charge < -0.3 is 14.8 Å². The lowest BCUT2D eigenvalue weighted by atomic mass is 9.87. The van der Waals surface area contributed by atoms with Gasteiger partial charge >= 0.3 is 6.09 Å². The van der Waals surface area contributed by atoms with Crippen molar-refractivity contribution in [2.24, 2.45) is 0 Å². The lowest BCUT2D eigenvalue weighted by Crippen LogP contribution is -2.60. The summed E-state index contributed by atoms with van der Waals surface area (Å²) in [7, 11) is 0. The first-order chi connectivity index (χ1) is 9.22. The number of nitrogens with one attached hydrogen (secondary N) is 1. The van der Waals surface area contributed by atoms with Gasteiger partial charge in [-0.2, -0.15) is 0 Å². The second-order valence-electron chi connectivity index (χ2n) is 5.83. The zero-order chi connectivity index (χ0) is 15.0. The Kier molecular flexibility index (Phi) is 4.07. The Morgan fingerprint density at radius 1 is 1.45 bits per heavy atom. The van der Waals surface area contributed by atoms with Gasteiger partial charge in [-0.3, -0.25) is 0 Å². The van der Waals surface area contributed by atoms with Crippen molar-refractivity contribution in [2.45, 2.75) is 31.9 Å². The molecule has 0 aromatic heterocycles. The molecule has 1 heterocycles. The van der Waals surface area contributed by atoms with Gasteiger partial charge in [-0.25, -0.2) is 9.18 Å². The van der Waals surface area contributed by atoms with Crippen LogP contribution >= 0.6 is 15.9 Å². The molecule has 1 saturated heterocycles. The summed E-state index contributed by atoms with van der Waals surface area (Å²) >= 11 is 3.21. The van der Waals surface area contributed by atoms with E-state index in [1.165, 1.54) is 6.07 Å². The van der Waals surface area contributed by atoms with Crippen LogP contribution in [0.25, 0.3) is 0 Å². The zero-order valence-electron chi connectivity index (χ0n) is 11.6. The van der Waals surface area contributed by atoms with Crippen molar-refractivity contribution >= 4 is 22.0 Å². The van der Waals surface area contributed by atoms with Crippen molar-refractivity contribution in [3.05, 3.63) is 34.1 Å². The molecule has 1 aliphatic heterocycles. The average molecular weight is 346 g/mol. The predicted octanol–water partition coefficient (Wildman–Crippen LogP) is 3.34. The van der Waals surface area contributed by atoms with Crippen LogP contribution in [0.2, 0.25) is 0 Å². The number of ether oxygens (including phenoxy) is 2. The third-order valence-corrected chi connectivity index (χ3v) is 3.38. The maximum absolute atomic E-state index is 14.1. The van der Waals surface area contributed by atoms with Crippen LogP contribution in [-0.4, -0.2) is 24.9 Å². The van der Waals surface area contributed by atoms with Gasteiger partial charge in [0.2, 0.25) is 0 Å². The number of alkyl carbamates (subject to hydrolysis) is 1. The SMILES string of the molecule is CC(C)(C)OC(=O)NC1(c2ccc(Br)cc2F)COC1. The molecular weight excluding hydrogens is 329 g/mol. The number of carbonyl (C=O) groups excluding carboxylic acids is 1. The van der Waals surface area contributed by atoms with E-state index in [0.29, 0.717) is 10.0 Å². The molecular formula is C14H17BrFNO3. The molecule has 0 saturated carbocycles. The van der Waals surface area contributed by atoms with E-state index in [1.807, 2.05) is 0 Å². The van der Waals surface area contributed by atoms with Crippen LogP contribution in [-0.2, 0) is 15.0 Å². The fourth-order valence-electron chi connectivity index (χ4n) is 1.98. The molecule has 0 radical (unpaired) electrons. The number of hydrogen-bond acceptors (Lipinski definition) is 3. The summed E-state index contributed by atoms with van der Waals surface area (Å²) in [5.41, 5.74) is -1.06. The average Bonchev–Trinajstić information content (AvgIpc) is 2.21. The molecule has 20 heavy (non-hydrogen) atoms. The highest BCUT2D eigenvalue weighted by Crippen LogP contribution is 2.33. The molecule has 1 fully saturated rings. The minimum absolute atomic E-state index is 0.227. The number of hydrogen-bond donors (Lipinski definition) is 1. The quantitative estimate of drug-likeness (QED) is 0.894. The first-order valence-corrected chi connectivity index (χ1v) is 7.06. The van der Waals surface area contributed by atoms with Crippen molar-refractivity contribution in [1.29, 1.82) is 0 Å². The van der Waals surface area contributed by atoms with Gasteiger partial charge in [0.05, 0.1) is 13.2 Å². The highest BCUT2D eigenvalue weighted by atomic mass is 79.9. The number of carbonyl (C=O) groups is 1. The van der Waals surface area contributed by atoms with Gasteiger partial charge in [-0.05, 0) is 32.9 Å². The molecule has 0 unspecified atom stereocenters. The molecule has 0 spiro atoms. The molecule has 0 bridgehead atoms. The Balaban J connectivity index is 2.20. The van der Waals surface area contributed by atoms with Crippen LogP contribution in [0, 0.1) is 5.82 Å². The molecule has 1 N–H and O–H groups in total. The van der Waals surface area contributed by atoms with Gasteiger partial charge in [0.25, 0.3) is 0 Å². The fraction of sp³-hybridized carbons (Fsp3) is 0.500. The van der Waals surface area contributed by atoms with Gasteiger partial charge in [0.15, 0.2) is 0 Å². The van der Waals surface area contributed by atoms with Gasteiger partial charge in [-0.1, -0.05) is 22.0 Å². The first-order valence-electron chi connectivity index (χ1n) is 6.26. The topological polar surface area (TPSA) is 47.6 Å². The van der Waals surface area contributed by atoms with Crippen molar-refractivity contribution in [3.8, 4) is 0 Å². The Morgan fingerprint density at radius 2 is 2.10 bits per heavy atom. The lowest BCUT2D eigenvalue weighted by molar-refractivity contribution is -0.0812. The zero-order valence-corrected chi connectivity index (χ0v) is 13.2. The monoisotopic (exact) mass is 345 g/mol. The molecule has 0 aliphatic carbocycles. The first kappa shape index (κ1) is 15.3. The maximum atomic E-state index is 14.1. The summed E-state index contributed by atoms with van der Waals surface area (Å²) in [5, 5.41) is 2.72. The van der Waals surface area contributed by atoms with E-state index in [1.54, 1.807) is 32.9 Å². The summed E-state index contributed by atoms with van der Waals surface area (Å²) in [6.45, 7) is 5.78. The highest BCUT2D eigenvalue weighted by Gasteiger charge is 2.44. The molecule has 1 aliphatic rings. The van der Waals surface area contributed by atoms with Crippen molar-refractivity contribution < 1.29 is 18.7 Å². The summed E-state index contributed by atoms with van der Waals surface area (Å²) in [4.78, 5) is 11.9. The smallest absolute Gasteiger partial charge is 0.408 e. The second-order valence-corrected chi connectivity index (χ2v) is 6.74. The van der Waals surface area contributed by atoms with Crippen LogP contribution in [0.5, 0.6) is 0 Å². The largest absolute Gasteiger partial charge is 0.444 e. The molecule has 1 aromatic rings. The Bertz CT molecular complexity index is 524. The van der Waals surface area contributed by atoms with Crippen LogP contribution in [0.3, 0.4) is 0 Å². The molecule has 110 valence electrons. The maximum Gasteiger partial charge on any atom is 0.408 e. The van der Waals surface area contributed by atoms with E-state index in [2.05, 4.69) is 21.2 Å². The molecule has 4 nitrogen and oxygen atoms in total. The number of halogens is 2. The molecule has 0 atom stereocenters. The van der Waals surface area contributed by atoms with E-state index in [4.69, 9.17) is 9.47 Å². The van der Waals surface area contributed by atoms with E-state index in [0.717, 1.165) is 0 Å². The third-order valence-electron chi connectivity index (χ3n) is 2.88. The van der Waals surface area contributed by atoms with E-state index >= 15 is 0 Å². The number of amides is 1. The van der Waals surface area contributed by atoms with Gasteiger partial charge in [0, 0.05) is 10.0 Å². The van der Waals surface area contributed by atoms with Gasteiger partial charge in [-0.15, -0.1) is 0 Å². The van der Waals surface area contributed by atoms with Crippen LogP contribution in [0.15, 0.2) is 22.7 Å². The summed E-state index contributed by atoms with van der Waals surface area (Å²) < 4.78 is 25.1. The number of benzene rings is 1. The van der Waals surface area contributed by atoms with Gasteiger partial charge in [0.1, 0.15) is 17.0 Å². The van der Waals surface area contributed by atoms with Crippen molar-refractivity contribution in [2.75, 3.05) is 13.2 Å². The molecule has 1 aromatic carbocycles. The van der Waals surface area contributed by atoms with Crippen LogP contribution < -0.4 is 5.32 Å². The summed E-state index contributed by atoms with van der Waals surface area (Å²) in [5.74, 6) is -0.390. The Hall–Kier alpha value is -1.14. The van der Waals surface area contributed by atoms with E-state index < -0.39 is 23.1 Å². The molecule has 2 rings (SSSR count). The fourth-order valence-corrected chi connectivity index (χ4v) is 2.31. The molecule has 1 amide bonds. The van der Waals surface area contributed by atoms with Crippen LogP contribution in [0.4, 0.5) is 9.18 Å².